The fourth-order valence-corrected chi connectivity index (χ4v) is 0.354. The summed E-state index contributed by atoms with van der Waals surface area (Å²) in [6.45, 7) is 0.685. The van der Waals surface area contributed by atoms with E-state index in [0.29, 0.717) is 6.54 Å². The SMILES string of the molecule is NCCCC(N)N. The van der Waals surface area contributed by atoms with Gasteiger partial charge in [-0.15, -0.1) is 0 Å². The van der Waals surface area contributed by atoms with Crippen LogP contribution in [0.15, 0.2) is 0 Å². The van der Waals surface area contributed by atoms with Crippen molar-refractivity contribution >= 4 is 0 Å². The molecule has 0 bridgehead atoms. The lowest BCUT2D eigenvalue weighted by atomic mass is 10.3. The van der Waals surface area contributed by atoms with E-state index in [9.17, 15) is 0 Å². The van der Waals surface area contributed by atoms with Gasteiger partial charge in [0.15, 0.2) is 0 Å². The molecule has 0 aliphatic carbocycles. The molecule has 3 nitrogen and oxygen atoms in total. The van der Waals surface area contributed by atoms with E-state index in [1.165, 1.54) is 0 Å². The van der Waals surface area contributed by atoms with Gasteiger partial charge in [-0.2, -0.15) is 0 Å². The third kappa shape index (κ3) is 5.88. The van der Waals surface area contributed by atoms with Crippen molar-refractivity contribution in [2.45, 2.75) is 19.0 Å². The molecule has 0 amide bonds. The quantitative estimate of drug-likeness (QED) is 0.400. The van der Waals surface area contributed by atoms with Crippen molar-refractivity contribution in [3.05, 3.63) is 0 Å². The molecule has 0 aromatic rings. The molecule has 6 N–H and O–H groups in total. The summed E-state index contributed by atoms with van der Waals surface area (Å²) in [5.41, 5.74) is 15.6. The maximum Gasteiger partial charge on any atom is 0.0521 e. The third-order valence-electron chi connectivity index (χ3n) is 0.742. The van der Waals surface area contributed by atoms with Gasteiger partial charge in [0.1, 0.15) is 0 Å². The van der Waals surface area contributed by atoms with Crippen molar-refractivity contribution in [3.63, 3.8) is 0 Å². The molecule has 7 heavy (non-hydrogen) atoms. The van der Waals surface area contributed by atoms with Gasteiger partial charge in [0.2, 0.25) is 0 Å². The number of hydrogen-bond donors (Lipinski definition) is 3. The maximum absolute atomic E-state index is 5.20. The smallest absolute Gasteiger partial charge is 0.0521 e. The Morgan fingerprint density at radius 1 is 1.29 bits per heavy atom. The van der Waals surface area contributed by atoms with E-state index in [1.807, 2.05) is 0 Å². The summed E-state index contributed by atoms with van der Waals surface area (Å²) in [5.74, 6) is 0. The molecule has 0 heterocycles. The largest absolute Gasteiger partial charge is 0.330 e. The summed E-state index contributed by atoms with van der Waals surface area (Å²) in [4.78, 5) is 0. The molecule has 0 aliphatic heterocycles. The highest BCUT2D eigenvalue weighted by Gasteiger charge is 1.88. The third-order valence-corrected chi connectivity index (χ3v) is 0.742. The number of rotatable bonds is 3. The normalized spacial score (nSPS) is 10.3. The van der Waals surface area contributed by atoms with Crippen molar-refractivity contribution < 1.29 is 0 Å². The van der Waals surface area contributed by atoms with Crippen LogP contribution in [0.3, 0.4) is 0 Å². The summed E-state index contributed by atoms with van der Waals surface area (Å²) in [7, 11) is 0. The second-order valence-electron chi connectivity index (χ2n) is 1.59. The van der Waals surface area contributed by atoms with Crippen LogP contribution in [0.5, 0.6) is 0 Å². The van der Waals surface area contributed by atoms with E-state index in [2.05, 4.69) is 0 Å². The highest BCUT2D eigenvalue weighted by Crippen LogP contribution is 1.83. The minimum atomic E-state index is -0.177. The number of hydrogen-bond acceptors (Lipinski definition) is 3. The Hall–Kier alpha value is -0.120. The van der Waals surface area contributed by atoms with Crippen molar-refractivity contribution in [1.82, 2.24) is 0 Å². The molecule has 44 valence electrons. The lowest BCUT2D eigenvalue weighted by molar-refractivity contribution is 0.609. The molecule has 0 radical (unpaired) electrons. The minimum absolute atomic E-state index is 0.177. The van der Waals surface area contributed by atoms with Crippen LogP contribution >= 0.6 is 0 Å². The van der Waals surface area contributed by atoms with Gasteiger partial charge in [0, 0.05) is 0 Å². The zero-order valence-electron chi connectivity index (χ0n) is 4.43. The van der Waals surface area contributed by atoms with Crippen LogP contribution < -0.4 is 17.2 Å². The van der Waals surface area contributed by atoms with Gasteiger partial charge in [-0.05, 0) is 19.4 Å². The van der Waals surface area contributed by atoms with Crippen molar-refractivity contribution in [2.75, 3.05) is 6.54 Å². The fourth-order valence-electron chi connectivity index (χ4n) is 0.354. The van der Waals surface area contributed by atoms with Crippen molar-refractivity contribution in [3.8, 4) is 0 Å². The van der Waals surface area contributed by atoms with E-state index in [4.69, 9.17) is 17.2 Å². The second kappa shape index (κ2) is 4.05. The molecule has 0 aliphatic rings. The average molecular weight is 103 g/mol. The van der Waals surface area contributed by atoms with Crippen LogP contribution in [0.4, 0.5) is 0 Å². The monoisotopic (exact) mass is 103 g/mol. The van der Waals surface area contributed by atoms with E-state index in [-0.39, 0.29) is 6.17 Å². The van der Waals surface area contributed by atoms with Crippen LogP contribution in [-0.4, -0.2) is 12.7 Å². The first-order valence-electron chi connectivity index (χ1n) is 2.48. The van der Waals surface area contributed by atoms with Crippen LogP contribution in [0.25, 0.3) is 0 Å². The fraction of sp³-hybridized carbons (Fsp3) is 1.00. The molecule has 0 spiro atoms. The lowest BCUT2D eigenvalue weighted by Gasteiger charge is -2.00. The standard InChI is InChI=1S/C4H13N3/c5-3-1-2-4(6)7/h4H,1-3,5-7H2. The first-order chi connectivity index (χ1) is 3.27. The molecule has 3 heteroatoms. The van der Waals surface area contributed by atoms with Gasteiger partial charge in [-0.1, -0.05) is 0 Å². The van der Waals surface area contributed by atoms with Gasteiger partial charge in [-0.3, -0.25) is 0 Å². The molecule has 0 fully saturated rings. The molecule has 0 aromatic carbocycles. The first kappa shape index (κ1) is 6.88. The van der Waals surface area contributed by atoms with Gasteiger partial charge >= 0.3 is 0 Å². The lowest BCUT2D eigenvalue weighted by Crippen LogP contribution is -2.30. The average Bonchev–Trinajstić information content (AvgIpc) is 1.61. The van der Waals surface area contributed by atoms with E-state index in [0.717, 1.165) is 12.8 Å². The topological polar surface area (TPSA) is 78.1 Å². The van der Waals surface area contributed by atoms with Crippen LogP contribution in [0, 0.1) is 0 Å². The molecule has 0 rings (SSSR count). The summed E-state index contributed by atoms with van der Waals surface area (Å²) >= 11 is 0. The Morgan fingerprint density at radius 3 is 2.00 bits per heavy atom. The predicted octanol–water partition coefficient (Wildman–Crippen LogP) is -1.03. The van der Waals surface area contributed by atoms with Crippen LogP contribution in [0.2, 0.25) is 0 Å². The summed E-state index contributed by atoms with van der Waals surface area (Å²) in [6, 6.07) is 0. The van der Waals surface area contributed by atoms with Gasteiger partial charge in [-0.25, -0.2) is 0 Å². The Bertz CT molecular complexity index is 35.9. The van der Waals surface area contributed by atoms with Gasteiger partial charge in [0.25, 0.3) is 0 Å². The molecule has 0 saturated heterocycles. The van der Waals surface area contributed by atoms with Gasteiger partial charge in [0.05, 0.1) is 6.17 Å². The first-order valence-corrected chi connectivity index (χ1v) is 2.48. The van der Waals surface area contributed by atoms with Crippen LogP contribution in [0.1, 0.15) is 12.8 Å². The summed E-state index contributed by atoms with van der Waals surface area (Å²) in [6.07, 6.45) is 1.58. The number of nitrogens with two attached hydrogens (primary N) is 3. The van der Waals surface area contributed by atoms with Crippen molar-refractivity contribution in [2.24, 2.45) is 17.2 Å². The summed E-state index contributed by atoms with van der Waals surface area (Å²) < 4.78 is 0. The minimum Gasteiger partial charge on any atom is -0.330 e. The van der Waals surface area contributed by atoms with E-state index >= 15 is 0 Å². The highest BCUT2D eigenvalue weighted by molar-refractivity contribution is 4.49. The molecular weight excluding hydrogens is 90.1 g/mol. The summed E-state index contributed by atoms with van der Waals surface area (Å²) in [5, 5.41) is 0. The zero-order valence-corrected chi connectivity index (χ0v) is 4.43. The van der Waals surface area contributed by atoms with Crippen LogP contribution in [-0.2, 0) is 0 Å². The van der Waals surface area contributed by atoms with Crippen molar-refractivity contribution in [1.29, 1.82) is 0 Å². The molecule has 0 aromatic heterocycles. The Kier molecular flexibility index (Phi) is 3.98. The second-order valence-corrected chi connectivity index (χ2v) is 1.59. The highest BCUT2D eigenvalue weighted by atomic mass is 14.8. The molecule has 0 unspecified atom stereocenters. The maximum atomic E-state index is 5.20. The zero-order chi connectivity index (χ0) is 5.70. The Morgan fingerprint density at radius 2 is 1.86 bits per heavy atom. The van der Waals surface area contributed by atoms with E-state index in [1.54, 1.807) is 0 Å². The molecule has 0 saturated carbocycles. The molecule has 0 atom stereocenters. The Labute approximate surface area is 43.9 Å². The van der Waals surface area contributed by atoms with Gasteiger partial charge < -0.3 is 17.2 Å². The Balaban J connectivity index is 2.68. The predicted molar refractivity (Wildman–Crippen MR) is 30.5 cm³/mol. The van der Waals surface area contributed by atoms with E-state index < -0.39 is 0 Å². The molecular formula is C4H13N3.